The van der Waals surface area contributed by atoms with E-state index < -0.39 is 0 Å². The highest BCUT2D eigenvalue weighted by molar-refractivity contribution is 5.03. The topological polar surface area (TPSA) is 34.0 Å². The fourth-order valence-electron chi connectivity index (χ4n) is 2.51. The van der Waals surface area contributed by atoms with E-state index in [1.807, 2.05) is 0 Å². The van der Waals surface area contributed by atoms with Gasteiger partial charge in [0.2, 0.25) is 0 Å². The van der Waals surface area contributed by atoms with Gasteiger partial charge in [-0.1, -0.05) is 13.8 Å². The van der Waals surface area contributed by atoms with E-state index >= 15 is 0 Å². The molecule has 0 aromatic carbocycles. The van der Waals surface area contributed by atoms with Crippen molar-refractivity contribution in [2.45, 2.75) is 45.6 Å². The average Bonchev–Trinajstić information content (AvgIpc) is 2.84. The summed E-state index contributed by atoms with van der Waals surface area (Å²) in [4.78, 5) is 2.49. The first-order valence-corrected chi connectivity index (χ1v) is 6.24. The highest BCUT2D eigenvalue weighted by Gasteiger charge is 2.24. The Morgan fingerprint density at radius 1 is 1.00 bits per heavy atom. The van der Waals surface area contributed by atoms with Crippen LogP contribution in [0.3, 0.4) is 0 Å². The molecule has 90 valence electrons. The first-order valence-electron chi connectivity index (χ1n) is 6.24. The number of likely N-dealkylation sites (tertiary alicyclic amines) is 1. The lowest BCUT2D eigenvalue weighted by molar-refractivity contribution is 0.249. The fraction of sp³-hybridized carbons (Fsp3) is 0.833. The van der Waals surface area contributed by atoms with Gasteiger partial charge in [-0.05, 0) is 32.9 Å². The van der Waals surface area contributed by atoms with E-state index in [2.05, 4.69) is 47.5 Å². The molecule has 0 radical (unpaired) electrons. The molecule has 1 atom stereocenters. The second kappa shape index (κ2) is 4.53. The van der Waals surface area contributed by atoms with Crippen molar-refractivity contribution in [3.05, 3.63) is 11.6 Å². The number of hydrogen-bond acceptors (Lipinski definition) is 3. The van der Waals surface area contributed by atoms with Crippen LogP contribution in [0.15, 0.2) is 0 Å². The summed E-state index contributed by atoms with van der Waals surface area (Å²) in [6.45, 7) is 8.96. The van der Waals surface area contributed by atoms with Gasteiger partial charge in [0.05, 0.1) is 6.04 Å². The van der Waals surface area contributed by atoms with Crippen molar-refractivity contribution in [3.8, 4) is 0 Å². The summed E-state index contributed by atoms with van der Waals surface area (Å²) >= 11 is 0. The Morgan fingerprint density at radius 3 is 2.06 bits per heavy atom. The molecule has 1 aliphatic rings. The van der Waals surface area contributed by atoms with Gasteiger partial charge in [0.25, 0.3) is 0 Å². The van der Waals surface area contributed by atoms with Gasteiger partial charge < -0.3 is 4.57 Å². The molecule has 4 heteroatoms. The Bertz CT molecular complexity index is 350. The van der Waals surface area contributed by atoms with Crippen LogP contribution in [-0.4, -0.2) is 32.8 Å². The third-order valence-electron chi connectivity index (χ3n) is 3.52. The summed E-state index contributed by atoms with van der Waals surface area (Å²) in [5, 5.41) is 8.65. The van der Waals surface area contributed by atoms with E-state index in [0.717, 1.165) is 11.6 Å². The van der Waals surface area contributed by atoms with Crippen LogP contribution in [0.25, 0.3) is 0 Å². The fourth-order valence-corrected chi connectivity index (χ4v) is 2.51. The lowest BCUT2D eigenvalue weighted by Gasteiger charge is -2.22. The van der Waals surface area contributed by atoms with Crippen molar-refractivity contribution in [2.75, 3.05) is 13.1 Å². The average molecular weight is 222 g/mol. The SMILES string of the molecule is CC(C)c1nnc(C(C)N2CCCC2)n1C. The molecular formula is C12H22N4. The Hall–Kier alpha value is -0.900. The van der Waals surface area contributed by atoms with E-state index in [1.54, 1.807) is 0 Å². The first-order chi connectivity index (χ1) is 7.61. The number of hydrogen-bond donors (Lipinski definition) is 0. The number of rotatable bonds is 3. The molecule has 0 aliphatic carbocycles. The van der Waals surface area contributed by atoms with E-state index in [0.29, 0.717) is 12.0 Å². The molecule has 4 nitrogen and oxygen atoms in total. The molecule has 2 heterocycles. The van der Waals surface area contributed by atoms with Crippen molar-refractivity contribution in [1.82, 2.24) is 19.7 Å². The lowest BCUT2D eigenvalue weighted by Crippen LogP contribution is -2.25. The van der Waals surface area contributed by atoms with Crippen LogP contribution in [0, 0.1) is 0 Å². The quantitative estimate of drug-likeness (QED) is 0.785. The molecule has 1 aromatic heterocycles. The molecule has 16 heavy (non-hydrogen) atoms. The molecule has 1 saturated heterocycles. The van der Waals surface area contributed by atoms with Crippen LogP contribution < -0.4 is 0 Å². The van der Waals surface area contributed by atoms with Crippen LogP contribution in [0.4, 0.5) is 0 Å². The molecule has 0 spiro atoms. The summed E-state index contributed by atoms with van der Waals surface area (Å²) in [5.74, 6) is 2.63. The molecular weight excluding hydrogens is 200 g/mol. The Kier molecular flexibility index (Phi) is 3.28. The second-order valence-electron chi connectivity index (χ2n) is 5.05. The van der Waals surface area contributed by atoms with Crippen LogP contribution in [0.2, 0.25) is 0 Å². The molecule has 0 amide bonds. The summed E-state index contributed by atoms with van der Waals surface area (Å²) in [5.41, 5.74) is 0. The Labute approximate surface area is 97.7 Å². The van der Waals surface area contributed by atoms with Crippen molar-refractivity contribution in [2.24, 2.45) is 7.05 Å². The maximum atomic E-state index is 4.35. The van der Waals surface area contributed by atoms with Crippen LogP contribution >= 0.6 is 0 Å². The van der Waals surface area contributed by atoms with Crippen molar-refractivity contribution >= 4 is 0 Å². The zero-order valence-electron chi connectivity index (χ0n) is 10.8. The Morgan fingerprint density at radius 2 is 1.56 bits per heavy atom. The highest BCUT2D eigenvalue weighted by atomic mass is 15.3. The lowest BCUT2D eigenvalue weighted by atomic mass is 10.2. The van der Waals surface area contributed by atoms with E-state index in [4.69, 9.17) is 0 Å². The van der Waals surface area contributed by atoms with Gasteiger partial charge in [-0.2, -0.15) is 0 Å². The molecule has 1 aromatic rings. The van der Waals surface area contributed by atoms with Crippen LogP contribution in [-0.2, 0) is 7.05 Å². The van der Waals surface area contributed by atoms with Gasteiger partial charge in [-0.15, -0.1) is 10.2 Å². The largest absolute Gasteiger partial charge is 0.317 e. The third-order valence-corrected chi connectivity index (χ3v) is 3.52. The minimum absolute atomic E-state index is 0.396. The van der Waals surface area contributed by atoms with Gasteiger partial charge in [0.1, 0.15) is 11.6 Å². The predicted molar refractivity (Wildman–Crippen MR) is 64.3 cm³/mol. The summed E-state index contributed by atoms with van der Waals surface area (Å²) in [7, 11) is 2.08. The van der Waals surface area contributed by atoms with Crippen molar-refractivity contribution in [1.29, 1.82) is 0 Å². The van der Waals surface area contributed by atoms with Crippen molar-refractivity contribution in [3.63, 3.8) is 0 Å². The normalized spacial score (nSPS) is 19.6. The molecule has 1 unspecified atom stereocenters. The summed E-state index contributed by atoms with van der Waals surface area (Å²) in [6, 6.07) is 0.396. The van der Waals surface area contributed by atoms with Gasteiger partial charge >= 0.3 is 0 Å². The third kappa shape index (κ3) is 1.98. The zero-order valence-corrected chi connectivity index (χ0v) is 10.8. The molecule has 1 aliphatic heterocycles. The molecule has 1 fully saturated rings. The van der Waals surface area contributed by atoms with E-state index in [1.165, 1.54) is 25.9 Å². The number of nitrogens with zero attached hydrogens (tertiary/aromatic N) is 4. The molecule has 0 N–H and O–H groups in total. The minimum Gasteiger partial charge on any atom is -0.317 e. The maximum Gasteiger partial charge on any atom is 0.149 e. The van der Waals surface area contributed by atoms with Gasteiger partial charge in [0, 0.05) is 13.0 Å². The van der Waals surface area contributed by atoms with Crippen molar-refractivity contribution < 1.29 is 0 Å². The van der Waals surface area contributed by atoms with Crippen LogP contribution in [0.5, 0.6) is 0 Å². The number of aromatic nitrogens is 3. The first kappa shape index (κ1) is 11.6. The van der Waals surface area contributed by atoms with Gasteiger partial charge in [-0.3, -0.25) is 4.90 Å². The second-order valence-corrected chi connectivity index (χ2v) is 5.05. The maximum absolute atomic E-state index is 4.35. The summed E-state index contributed by atoms with van der Waals surface area (Å²) < 4.78 is 2.16. The monoisotopic (exact) mass is 222 g/mol. The minimum atomic E-state index is 0.396. The summed E-state index contributed by atoms with van der Waals surface area (Å²) in [6.07, 6.45) is 2.64. The van der Waals surface area contributed by atoms with E-state index in [9.17, 15) is 0 Å². The predicted octanol–water partition coefficient (Wildman–Crippen LogP) is 2.10. The molecule has 2 rings (SSSR count). The standard InChI is InChI=1S/C12H22N4/c1-9(2)11-13-14-12(15(11)4)10(3)16-7-5-6-8-16/h9-10H,5-8H2,1-4H3. The van der Waals surface area contributed by atoms with Crippen LogP contribution in [0.1, 0.15) is 57.2 Å². The Balaban J connectivity index is 2.19. The molecule has 0 saturated carbocycles. The smallest absolute Gasteiger partial charge is 0.149 e. The molecule has 0 bridgehead atoms. The van der Waals surface area contributed by atoms with Gasteiger partial charge in [-0.25, -0.2) is 0 Å². The van der Waals surface area contributed by atoms with Gasteiger partial charge in [0.15, 0.2) is 0 Å². The highest BCUT2D eigenvalue weighted by Crippen LogP contribution is 2.24. The van der Waals surface area contributed by atoms with E-state index in [-0.39, 0.29) is 0 Å². The zero-order chi connectivity index (χ0) is 11.7.